The highest BCUT2D eigenvalue weighted by Crippen LogP contribution is 2.41. The van der Waals surface area contributed by atoms with E-state index in [1.54, 1.807) is 18.5 Å². The van der Waals surface area contributed by atoms with Crippen molar-refractivity contribution in [3.8, 4) is 5.75 Å². The van der Waals surface area contributed by atoms with Gasteiger partial charge in [0.05, 0.1) is 0 Å². The van der Waals surface area contributed by atoms with Crippen molar-refractivity contribution in [1.82, 2.24) is 9.97 Å². The third kappa shape index (κ3) is 3.56. The van der Waals surface area contributed by atoms with Gasteiger partial charge in [-0.25, -0.2) is 9.97 Å². The van der Waals surface area contributed by atoms with Crippen LogP contribution in [0.1, 0.15) is 52.7 Å². The summed E-state index contributed by atoms with van der Waals surface area (Å²) < 4.78 is 0. The van der Waals surface area contributed by atoms with E-state index in [-0.39, 0.29) is 10.8 Å². The minimum Gasteiger partial charge on any atom is -0.507 e. The third-order valence-electron chi connectivity index (χ3n) is 3.55. The average molecular weight is 299 g/mol. The number of aromatic nitrogens is 2. The molecule has 0 fully saturated rings. The Hall–Kier alpha value is -2.10. The van der Waals surface area contributed by atoms with Crippen LogP contribution in [0.4, 0.5) is 11.6 Å². The number of hydrogen-bond acceptors (Lipinski definition) is 4. The second-order valence-corrected chi connectivity index (χ2v) is 7.62. The van der Waals surface area contributed by atoms with Crippen molar-refractivity contribution < 1.29 is 5.11 Å². The minimum absolute atomic E-state index is 0.153. The summed E-state index contributed by atoms with van der Waals surface area (Å²) in [4.78, 5) is 8.39. The molecule has 4 heteroatoms. The third-order valence-corrected chi connectivity index (χ3v) is 3.55. The fraction of sp³-hybridized carbons (Fsp3) is 0.444. The van der Waals surface area contributed by atoms with E-state index in [1.165, 1.54) is 0 Å². The van der Waals surface area contributed by atoms with Crippen molar-refractivity contribution in [2.45, 2.75) is 52.4 Å². The molecular formula is C18H25N3O. The van der Waals surface area contributed by atoms with E-state index in [0.717, 1.165) is 16.8 Å². The summed E-state index contributed by atoms with van der Waals surface area (Å²) in [5, 5.41) is 13.9. The van der Waals surface area contributed by atoms with Crippen molar-refractivity contribution in [3.05, 3.63) is 41.7 Å². The second kappa shape index (κ2) is 5.59. The van der Waals surface area contributed by atoms with Gasteiger partial charge in [-0.1, -0.05) is 41.5 Å². The van der Waals surface area contributed by atoms with Gasteiger partial charge in [0.2, 0.25) is 5.95 Å². The van der Waals surface area contributed by atoms with Gasteiger partial charge < -0.3 is 10.4 Å². The fourth-order valence-corrected chi connectivity index (χ4v) is 2.34. The van der Waals surface area contributed by atoms with Crippen LogP contribution in [-0.4, -0.2) is 15.1 Å². The molecule has 2 N–H and O–H groups in total. The molecule has 1 heterocycles. The van der Waals surface area contributed by atoms with Gasteiger partial charge in [0.1, 0.15) is 5.75 Å². The maximum Gasteiger partial charge on any atom is 0.227 e. The summed E-state index contributed by atoms with van der Waals surface area (Å²) in [6, 6.07) is 5.73. The Morgan fingerprint density at radius 3 is 1.73 bits per heavy atom. The first kappa shape index (κ1) is 16.3. The lowest BCUT2D eigenvalue weighted by Crippen LogP contribution is -2.17. The lowest BCUT2D eigenvalue weighted by Gasteiger charge is -2.28. The SMILES string of the molecule is CC(C)(C)c1cc(Nc2ncccn2)cc(C(C)(C)C)c1O. The van der Waals surface area contributed by atoms with Crippen molar-refractivity contribution in [2.75, 3.05) is 5.32 Å². The van der Waals surface area contributed by atoms with Gasteiger partial charge in [-0.15, -0.1) is 0 Å². The molecule has 4 nitrogen and oxygen atoms in total. The van der Waals surface area contributed by atoms with Gasteiger partial charge in [-0.2, -0.15) is 0 Å². The highest BCUT2D eigenvalue weighted by Gasteiger charge is 2.26. The Labute approximate surface area is 132 Å². The normalized spacial score (nSPS) is 12.3. The Balaban J connectivity index is 2.56. The van der Waals surface area contributed by atoms with Gasteiger partial charge in [-0.05, 0) is 29.0 Å². The average Bonchev–Trinajstić information content (AvgIpc) is 2.39. The predicted octanol–water partition coefficient (Wildman–Crippen LogP) is 4.52. The number of nitrogens with zero attached hydrogens (tertiary/aromatic N) is 2. The lowest BCUT2D eigenvalue weighted by atomic mass is 9.79. The van der Waals surface area contributed by atoms with E-state index < -0.39 is 0 Å². The number of rotatable bonds is 2. The molecule has 0 bridgehead atoms. The number of benzene rings is 1. The van der Waals surface area contributed by atoms with E-state index >= 15 is 0 Å². The van der Waals surface area contributed by atoms with E-state index in [0.29, 0.717) is 11.7 Å². The van der Waals surface area contributed by atoms with E-state index in [4.69, 9.17) is 0 Å². The number of hydrogen-bond donors (Lipinski definition) is 2. The molecule has 1 aromatic carbocycles. The number of phenols is 1. The molecule has 0 aliphatic heterocycles. The molecule has 2 rings (SSSR count). The van der Waals surface area contributed by atoms with E-state index in [1.807, 2.05) is 12.1 Å². The topological polar surface area (TPSA) is 58.0 Å². The van der Waals surface area contributed by atoms with Crippen LogP contribution in [0.25, 0.3) is 0 Å². The molecular weight excluding hydrogens is 274 g/mol. The molecule has 0 unspecified atom stereocenters. The summed E-state index contributed by atoms with van der Waals surface area (Å²) in [6.45, 7) is 12.6. The monoisotopic (exact) mass is 299 g/mol. The van der Waals surface area contributed by atoms with Gasteiger partial charge in [-0.3, -0.25) is 0 Å². The van der Waals surface area contributed by atoms with Crippen LogP contribution in [0.15, 0.2) is 30.6 Å². The number of phenolic OH excluding ortho intramolecular Hbond substituents is 1. The van der Waals surface area contributed by atoms with E-state index in [9.17, 15) is 5.11 Å². The molecule has 22 heavy (non-hydrogen) atoms. The van der Waals surface area contributed by atoms with Crippen LogP contribution in [0.5, 0.6) is 5.75 Å². The van der Waals surface area contributed by atoms with Crippen LogP contribution in [0.2, 0.25) is 0 Å². The minimum atomic E-state index is -0.153. The second-order valence-electron chi connectivity index (χ2n) is 7.62. The fourth-order valence-electron chi connectivity index (χ4n) is 2.34. The first-order valence-corrected chi connectivity index (χ1v) is 7.51. The summed E-state index contributed by atoms with van der Waals surface area (Å²) in [5.41, 5.74) is 2.41. The quantitative estimate of drug-likeness (QED) is 0.800. The number of aromatic hydroxyl groups is 1. The molecule has 0 aliphatic carbocycles. The first-order chi connectivity index (χ1) is 10.1. The predicted molar refractivity (Wildman–Crippen MR) is 90.8 cm³/mol. The zero-order valence-electron chi connectivity index (χ0n) is 14.2. The maximum atomic E-state index is 10.7. The summed E-state index contributed by atoms with van der Waals surface area (Å²) in [7, 11) is 0. The number of nitrogens with one attached hydrogen (secondary N) is 1. The molecule has 118 valence electrons. The van der Waals surface area contributed by atoms with E-state index in [2.05, 4.69) is 56.8 Å². The summed E-state index contributed by atoms with van der Waals surface area (Å²) >= 11 is 0. The Morgan fingerprint density at radius 1 is 0.864 bits per heavy atom. The highest BCUT2D eigenvalue weighted by atomic mass is 16.3. The highest BCUT2D eigenvalue weighted by molar-refractivity contribution is 5.62. The zero-order valence-corrected chi connectivity index (χ0v) is 14.2. The lowest BCUT2D eigenvalue weighted by molar-refractivity contribution is 0.423. The zero-order chi connectivity index (χ0) is 16.5. The van der Waals surface area contributed by atoms with Crippen LogP contribution >= 0.6 is 0 Å². The van der Waals surface area contributed by atoms with Gasteiger partial charge in [0.15, 0.2) is 0 Å². The summed E-state index contributed by atoms with van der Waals surface area (Å²) in [5.74, 6) is 0.924. The van der Waals surface area contributed by atoms with Gasteiger partial charge in [0, 0.05) is 29.2 Å². The molecule has 0 saturated carbocycles. The molecule has 0 amide bonds. The van der Waals surface area contributed by atoms with Crippen molar-refractivity contribution >= 4 is 11.6 Å². The first-order valence-electron chi connectivity index (χ1n) is 7.51. The molecule has 0 atom stereocenters. The molecule has 0 saturated heterocycles. The molecule has 0 spiro atoms. The molecule has 0 radical (unpaired) electrons. The smallest absolute Gasteiger partial charge is 0.227 e. The largest absolute Gasteiger partial charge is 0.507 e. The molecule has 0 aliphatic rings. The molecule has 1 aromatic heterocycles. The summed E-state index contributed by atoms with van der Waals surface area (Å²) in [6.07, 6.45) is 3.40. The standard InChI is InChI=1S/C18H25N3O/c1-17(2,3)13-10-12(21-16-19-8-7-9-20-16)11-14(15(13)22)18(4,5)6/h7-11,22H,1-6H3,(H,19,20,21). The Kier molecular flexibility index (Phi) is 4.14. The van der Waals surface area contributed by atoms with Crippen molar-refractivity contribution in [3.63, 3.8) is 0 Å². The van der Waals surface area contributed by atoms with Crippen LogP contribution in [-0.2, 0) is 10.8 Å². The molecule has 2 aromatic rings. The Morgan fingerprint density at radius 2 is 1.32 bits per heavy atom. The van der Waals surface area contributed by atoms with Crippen LogP contribution in [0.3, 0.4) is 0 Å². The van der Waals surface area contributed by atoms with Crippen LogP contribution < -0.4 is 5.32 Å². The van der Waals surface area contributed by atoms with Gasteiger partial charge in [0.25, 0.3) is 0 Å². The van der Waals surface area contributed by atoms with Crippen molar-refractivity contribution in [2.24, 2.45) is 0 Å². The van der Waals surface area contributed by atoms with Crippen molar-refractivity contribution in [1.29, 1.82) is 0 Å². The van der Waals surface area contributed by atoms with Gasteiger partial charge >= 0.3 is 0 Å². The Bertz CT molecular complexity index is 617. The van der Waals surface area contributed by atoms with Crippen LogP contribution in [0, 0.1) is 0 Å². The number of anilines is 2. The maximum absolute atomic E-state index is 10.7.